The Labute approximate surface area is 150 Å². The Hall–Kier alpha value is -3.48. The third-order valence-electron chi connectivity index (χ3n) is 3.94. The molecule has 26 heavy (non-hydrogen) atoms. The van der Waals surface area contributed by atoms with Crippen LogP contribution in [0.2, 0.25) is 0 Å². The van der Waals surface area contributed by atoms with Crippen LogP contribution in [0.25, 0.3) is 5.69 Å². The zero-order chi connectivity index (χ0) is 18.7. The van der Waals surface area contributed by atoms with Gasteiger partial charge in [0.05, 0.1) is 29.7 Å². The largest absolute Gasteiger partial charge is 0.480 e. The summed E-state index contributed by atoms with van der Waals surface area (Å²) in [7, 11) is 1.44. The molecule has 0 unspecified atom stereocenters. The monoisotopic (exact) mass is 350 g/mol. The molecule has 1 amide bonds. The van der Waals surface area contributed by atoms with Crippen molar-refractivity contribution in [1.82, 2.24) is 14.8 Å². The topological polar surface area (TPSA) is 86.1 Å². The zero-order valence-electron chi connectivity index (χ0n) is 14.7. The number of nitrogens with zero attached hydrogens (tertiary/aromatic N) is 3. The highest BCUT2D eigenvalue weighted by molar-refractivity contribution is 6.47. The molecular formula is C19H18N4O3. The third kappa shape index (κ3) is 3.19. The summed E-state index contributed by atoms with van der Waals surface area (Å²) < 4.78 is 6.74. The molecule has 0 aliphatic carbocycles. The predicted octanol–water partition coefficient (Wildman–Crippen LogP) is 2.71. The fraction of sp³-hybridized carbons (Fsp3) is 0.158. The Bertz CT molecular complexity index is 964. The van der Waals surface area contributed by atoms with Gasteiger partial charge in [0.2, 0.25) is 5.88 Å². The highest BCUT2D eigenvalue weighted by Crippen LogP contribution is 2.22. The molecule has 2 heterocycles. The summed E-state index contributed by atoms with van der Waals surface area (Å²) in [6, 6.07) is 12.7. The molecule has 0 fully saturated rings. The molecule has 1 N–H and O–H groups in total. The van der Waals surface area contributed by atoms with Gasteiger partial charge in [0.1, 0.15) is 5.69 Å². The minimum absolute atomic E-state index is 0.238. The minimum Gasteiger partial charge on any atom is -0.480 e. The van der Waals surface area contributed by atoms with Crippen molar-refractivity contribution in [1.29, 1.82) is 0 Å². The highest BCUT2D eigenvalue weighted by atomic mass is 16.5. The molecular weight excluding hydrogens is 332 g/mol. The van der Waals surface area contributed by atoms with E-state index in [0.29, 0.717) is 17.1 Å². The molecule has 7 nitrogen and oxygen atoms in total. The average molecular weight is 350 g/mol. The molecule has 0 saturated carbocycles. The van der Waals surface area contributed by atoms with Gasteiger partial charge in [-0.1, -0.05) is 18.2 Å². The maximum atomic E-state index is 12.7. The number of aryl methyl sites for hydroxylation is 1. The lowest BCUT2D eigenvalue weighted by Gasteiger charge is -2.08. The van der Waals surface area contributed by atoms with Gasteiger partial charge in [-0.05, 0) is 38.1 Å². The number of rotatable bonds is 5. The summed E-state index contributed by atoms with van der Waals surface area (Å²) >= 11 is 0. The quantitative estimate of drug-likeness (QED) is 0.565. The second kappa shape index (κ2) is 7.18. The number of para-hydroxylation sites is 1. The summed E-state index contributed by atoms with van der Waals surface area (Å²) in [5.74, 6) is -1.19. The van der Waals surface area contributed by atoms with Crippen LogP contribution < -0.4 is 10.1 Å². The van der Waals surface area contributed by atoms with E-state index in [2.05, 4.69) is 15.4 Å². The number of aromatic nitrogens is 3. The van der Waals surface area contributed by atoms with Crippen molar-refractivity contribution >= 4 is 17.4 Å². The number of amides is 1. The standard InChI is InChI=1S/C19H18N4O3/c1-12-16(13(2)23(22-12)14-8-5-4-6-9-14)17(24)18(25)21-15-10-7-11-20-19(15)26-3/h4-11H,1-3H3,(H,21,25). The van der Waals surface area contributed by atoms with Crippen LogP contribution in [0.1, 0.15) is 21.7 Å². The van der Waals surface area contributed by atoms with E-state index < -0.39 is 11.7 Å². The van der Waals surface area contributed by atoms with Gasteiger partial charge >= 0.3 is 0 Å². The van der Waals surface area contributed by atoms with Crippen molar-refractivity contribution in [3.63, 3.8) is 0 Å². The molecule has 132 valence electrons. The fourth-order valence-corrected chi connectivity index (χ4v) is 2.73. The van der Waals surface area contributed by atoms with E-state index in [1.807, 2.05) is 30.3 Å². The van der Waals surface area contributed by atoms with Crippen LogP contribution in [0.5, 0.6) is 5.88 Å². The summed E-state index contributed by atoms with van der Waals surface area (Å²) in [5, 5.41) is 6.95. The van der Waals surface area contributed by atoms with Gasteiger partial charge in [0, 0.05) is 6.20 Å². The van der Waals surface area contributed by atoms with Gasteiger partial charge in [0.25, 0.3) is 11.7 Å². The zero-order valence-corrected chi connectivity index (χ0v) is 14.7. The normalized spacial score (nSPS) is 10.4. The summed E-state index contributed by atoms with van der Waals surface area (Å²) in [6.07, 6.45) is 1.54. The Morgan fingerprint density at radius 2 is 1.81 bits per heavy atom. The first-order valence-corrected chi connectivity index (χ1v) is 7.99. The maximum absolute atomic E-state index is 12.7. The van der Waals surface area contributed by atoms with E-state index >= 15 is 0 Å². The first-order chi connectivity index (χ1) is 12.5. The number of benzene rings is 1. The number of carbonyl (C=O) groups excluding carboxylic acids is 2. The number of nitrogens with one attached hydrogen (secondary N) is 1. The molecule has 0 spiro atoms. The molecule has 0 bridgehead atoms. The van der Waals surface area contributed by atoms with Crippen LogP contribution in [-0.2, 0) is 4.79 Å². The lowest BCUT2D eigenvalue weighted by Crippen LogP contribution is -2.24. The number of pyridine rings is 1. The van der Waals surface area contributed by atoms with Gasteiger partial charge < -0.3 is 10.1 Å². The van der Waals surface area contributed by atoms with Crippen LogP contribution in [0.4, 0.5) is 5.69 Å². The van der Waals surface area contributed by atoms with Gasteiger partial charge in [-0.25, -0.2) is 9.67 Å². The Morgan fingerprint density at radius 3 is 2.50 bits per heavy atom. The molecule has 1 aromatic carbocycles. The van der Waals surface area contributed by atoms with Crippen molar-refractivity contribution in [2.24, 2.45) is 0 Å². The van der Waals surface area contributed by atoms with Gasteiger partial charge in [-0.2, -0.15) is 5.10 Å². The number of hydrogen-bond acceptors (Lipinski definition) is 5. The van der Waals surface area contributed by atoms with Gasteiger partial charge in [0.15, 0.2) is 0 Å². The van der Waals surface area contributed by atoms with E-state index in [4.69, 9.17) is 4.74 Å². The molecule has 0 atom stereocenters. The molecule has 7 heteroatoms. The van der Waals surface area contributed by atoms with Crippen LogP contribution >= 0.6 is 0 Å². The number of carbonyl (C=O) groups is 2. The highest BCUT2D eigenvalue weighted by Gasteiger charge is 2.25. The minimum atomic E-state index is -0.768. The molecule has 0 radical (unpaired) electrons. The smallest absolute Gasteiger partial charge is 0.297 e. The van der Waals surface area contributed by atoms with E-state index in [0.717, 1.165) is 5.69 Å². The Morgan fingerprint density at radius 1 is 1.08 bits per heavy atom. The summed E-state index contributed by atoms with van der Waals surface area (Å²) in [6.45, 7) is 3.47. The molecule has 2 aromatic heterocycles. The fourth-order valence-electron chi connectivity index (χ4n) is 2.73. The van der Waals surface area contributed by atoms with E-state index in [1.165, 1.54) is 13.3 Å². The van der Waals surface area contributed by atoms with Crippen LogP contribution in [0.3, 0.4) is 0 Å². The number of Topliss-reactive ketones (excluding diaryl/α,β-unsaturated/α-hetero) is 1. The van der Waals surface area contributed by atoms with Crippen LogP contribution in [-0.4, -0.2) is 33.6 Å². The number of methoxy groups -OCH3 is 1. The molecule has 0 aliphatic rings. The van der Waals surface area contributed by atoms with Crippen molar-refractivity contribution in [2.45, 2.75) is 13.8 Å². The lowest BCUT2D eigenvalue weighted by molar-refractivity contribution is -0.112. The number of hydrogen-bond donors (Lipinski definition) is 1. The maximum Gasteiger partial charge on any atom is 0.297 e. The van der Waals surface area contributed by atoms with Crippen molar-refractivity contribution in [3.05, 3.63) is 65.6 Å². The SMILES string of the molecule is COc1ncccc1NC(=O)C(=O)c1c(C)nn(-c2ccccc2)c1C. The molecule has 0 saturated heterocycles. The number of anilines is 1. The van der Waals surface area contributed by atoms with Crippen molar-refractivity contribution in [2.75, 3.05) is 12.4 Å². The van der Waals surface area contributed by atoms with E-state index in [9.17, 15) is 9.59 Å². The third-order valence-corrected chi connectivity index (χ3v) is 3.94. The van der Waals surface area contributed by atoms with Crippen molar-refractivity contribution < 1.29 is 14.3 Å². The molecule has 0 aliphatic heterocycles. The van der Waals surface area contributed by atoms with Crippen molar-refractivity contribution in [3.8, 4) is 11.6 Å². The summed E-state index contributed by atoms with van der Waals surface area (Å²) in [5.41, 5.74) is 2.53. The first kappa shape index (κ1) is 17.3. The second-order valence-corrected chi connectivity index (χ2v) is 5.64. The number of ether oxygens (including phenoxy) is 1. The van der Waals surface area contributed by atoms with Crippen LogP contribution in [0, 0.1) is 13.8 Å². The van der Waals surface area contributed by atoms with E-state index in [-0.39, 0.29) is 11.4 Å². The number of ketones is 1. The molecule has 3 aromatic rings. The average Bonchev–Trinajstić information content (AvgIpc) is 2.96. The second-order valence-electron chi connectivity index (χ2n) is 5.64. The van der Waals surface area contributed by atoms with Gasteiger partial charge in [-0.15, -0.1) is 0 Å². The Balaban J connectivity index is 1.90. The van der Waals surface area contributed by atoms with Gasteiger partial charge in [-0.3, -0.25) is 9.59 Å². The van der Waals surface area contributed by atoms with Crippen LogP contribution in [0.15, 0.2) is 48.7 Å². The lowest BCUT2D eigenvalue weighted by atomic mass is 10.1. The Kier molecular flexibility index (Phi) is 4.79. The predicted molar refractivity (Wildman–Crippen MR) is 96.8 cm³/mol. The first-order valence-electron chi connectivity index (χ1n) is 7.99. The summed E-state index contributed by atoms with van der Waals surface area (Å²) in [4.78, 5) is 29.2. The molecule has 3 rings (SSSR count). The van der Waals surface area contributed by atoms with E-state index in [1.54, 1.807) is 30.7 Å².